The lowest BCUT2D eigenvalue weighted by Crippen LogP contribution is -2.49. The van der Waals surface area contributed by atoms with Crippen LogP contribution in [-0.4, -0.2) is 47.7 Å². The Kier molecular flexibility index (Phi) is 5.33. The quantitative estimate of drug-likeness (QED) is 0.895. The van der Waals surface area contributed by atoms with Crippen molar-refractivity contribution in [2.24, 2.45) is 0 Å². The van der Waals surface area contributed by atoms with E-state index in [1.807, 2.05) is 31.2 Å². The normalized spacial score (nSPS) is 18.5. The molecule has 1 aliphatic rings. The van der Waals surface area contributed by atoms with Crippen LogP contribution in [0.25, 0.3) is 0 Å². The second kappa shape index (κ2) is 7.22. The molecule has 1 atom stereocenters. The van der Waals surface area contributed by atoms with Crippen molar-refractivity contribution in [3.63, 3.8) is 0 Å². The molecule has 114 valence electrons. The molecule has 1 aliphatic heterocycles. The van der Waals surface area contributed by atoms with Gasteiger partial charge in [0.1, 0.15) is 0 Å². The van der Waals surface area contributed by atoms with Gasteiger partial charge in [-0.3, -0.25) is 9.59 Å². The monoisotopic (exact) mass is 291 g/mol. The lowest BCUT2D eigenvalue weighted by molar-refractivity contribution is -0.146. The molecule has 1 amide bonds. The molecule has 0 radical (unpaired) electrons. The zero-order chi connectivity index (χ0) is 15.2. The van der Waals surface area contributed by atoms with Crippen molar-refractivity contribution in [1.82, 2.24) is 4.90 Å². The van der Waals surface area contributed by atoms with Crippen molar-refractivity contribution in [3.8, 4) is 0 Å². The van der Waals surface area contributed by atoms with Gasteiger partial charge in [0.15, 0.2) is 0 Å². The Bertz CT molecular complexity index is 498. The van der Waals surface area contributed by atoms with E-state index in [1.54, 1.807) is 4.90 Å². The molecular formula is C16H21NO4. The maximum atomic E-state index is 12.3. The SMILES string of the molecule is Cc1ccc(CCC(=O)N2CCOCC2CC(=O)O)cc1. The molecule has 1 saturated heterocycles. The Morgan fingerprint density at radius 3 is 2.71 bits per heavy atom. The average molecular weight is 291 g/mol. The first-order valence-corrected chi connectivity index (χ1v) is 7.21. The van der Waals surface area contributed by atoms with Gasteiger partial charge in [-0.05, 0) is 18.9 Å². The van der Waals surface area contributed by atoms with E-state index in [4.69, 9.17) is 9.84 Å². The minimum absolute atomic E-state index is 0.00475. The predicted octanol–water partition coefficient (Wildman–Crippen LogP) is 1.63. The van der Waals surface area contributed by atoms with Crippen LogP contribution in [0.3, 0.4) is 0 Å². The highest BCUT2D eigenvalue weighted by Crippen LogP contribution is 2.14. The maximum absolute atomic E-state index is 12.3. The molecule has 0 aliphatic carbocycles. The molecule has 0 saturated carbocycles. The van der Waals surface area contributed by atoms with Gasteiger partial charge in [0.05, 0.1) is 25.7 Å². The van der Waals surface area contributed by atoms with Crippen LogP contribution in [0.1, 0.15) is 24.0 Å². The van der Waals surface area contributed by atoms with Gasteiger partial charge >= 0.3 is 5.97 Å². The van der Waals surface area contributed by atoms with E-state index in [2.05, 4.69) is 0 Å². The van der Waals surface area contributed by atoms with Crippen LogP contribution in [0.4, 0.5) is 0 Å². The minimum Gasteiger partial charge on any atom is -0.481 e. The van der Waals surface area contributed by atoms with Crippen LogP contribution in [0, 0.1) is 6.92 Å². The fourth-order valence-corrected chi connectivity index (χ4v) is 2.50. The molecule has 5 nitrogen and oxygen atoms in total. The van der Waals surface area contributed by atoms with Crippen molar-refractivity contribution < 1.29 is 19.4 Å². The topological polar surface area (TPSA) is 66.8 Å². The molecule has 0 aromatic heterocycles. The standard InChI is InChI=1S/C16H21NO4/c1-12-2-4-13(5-3-12)6-7-15(18)17-8-9-21-11-14(17)10-16(19)20/h2-5,14H,6-11H2,1H3,(H,19,20). The molecule has 5 heteroatoms. The van der Waals surface area contributed by atoms with Gasteiger partial charge in [-0.15, -0.1) is 0 Å². The summed E-state index contributed by atoms with van der Waals surface area (Å²) >= 11 is 0. The summed E-state index contributed by atoms with van der Waals surface area (Å²) in [5.74, 6) is -0.896. The van der Waals surface area contributed by atoms with Crippen molar-refractivity contribution in [2.75, 3.05) is 19.8 Å². The number of ether oxygens (including phenoxy) is 1. The predicted molar refractivity (Wildman–Crippen MR) is 78.1 cm³/mol. The van der Waals surface area contributed by atoms with E-state index in [0.717, 1.165) is 5.56 Å². The number of amides is 1. The first-order valence-electron chi connectivity index (χ1n) is 7.21. The van der Waals surface area contributed by atoms with Gasteiger partial charge in [0.25, 0.3) is 0 Å². The summed E-state index contributed by atoms with van der Waals surface area (Å²) in [6.45, 7) is 3.29. The molecule has 1 aromatic carbocycles. The Hall–Kier alpha value is -1.88. The van der Waals surface area contributed by atoms with Crippen LogP contribution in [0.15, 0.2) is 24.3 Å². The van der Waals surface area contributed by atoms with Crippen molar-refractivity contribution in [3.05, 3.63) is 35.4 Å². The van der Waals surface area contributed by atoms with Crippen LogP contribution in [-0.2, 0) is 20.7 Å². The molecule has 1 unspecified atom stereocenters. The number of hydrogen-bond donors (Lipinski definition) is 1. The van der Waals surface area contributed by atoms with Crippen LogP contribution < -0.4 is 0 Å². The van der Waals surface area contributed by atoms with E-state index >= 15 is 0 Å². The number of morpholine rings is 1. The minimum atomic E-state index is -0.901. The Morgan fingerprint density at radius 1 is 1.33 bits per heavy atom. The second-order valence-corrected chi connectivity index (χ2v) is 5.40. The van der Waals surface area contributed by atoms with Gasteiger partial charge in [0, 0.05) is 13.0 Å². The molecule has 1 fully saturated rings. The van der Waals surface area contributed by atoms with E-state index in [-0.39, 0.29) is 18.4 Å². The molecule has 0 bridgehead atoms. The summed E-state index contributed by atoms with van der Waals surface area (Å²) in [7, 11) is 0. The highest BCUT2D eigenvalue weighted by atomic mass is 16.5. The Morgan fingerprint density at radius 2 is 2.05 bits per heavy atom. The third kappa shape index (κ3) is 4.56. The van der Waals surface area contributed by atoms with Crippen molar-refractivity contribution in [2.45, 2.75) is 32.2 Å². The number of carbonyl (C=O) groups excluding carboxylic acids is 1. The van der Waals surface area contributed by atoms with Crippen LogP contribution in [0.5, 0.6) is 0 Å². The average Bonchev–Trinajstić information content (AvgIpc) is 2.46. The zero-order valence-corrected chi connectivity index (χ0v) is 12.2. The van der Waals surface area contributed by atoms with Crippen LogP contribution in [0.2, 0.25) is 0 Å². The summed E-state index contributed by atoms with van der Waals surface area (Å²) in [5, 5.41) is 8.91. The fourth-order valence-electron chi connectivity index (χ4n) is 2.50. The van der Waals surface area contributed by atoms with Gasteiger partial charge in [-0.1, -0.05) is 29.8 Å². The third-order valence-corrected chi connectivity index (χ3v) is 3.71. The molecule has 2 rings (SSSR count). The number of aryl methyl sites for hydroxylation is 2. The van der Waals surface area contributed by atoms with Gasteiger partial charge in [0.2, 0.25) is 5.91 Å². The van der Waals surface area contributed by atoms with Crippen molar-refractivity contribution in [1.29, 1.82) is 0 Å². The molecule has 0 spiro atoms. The van der Waals surface area contributed by atoms with Crippen LogP contribution >= 0.6 is 0 Å². The summed E-state index contributed by atoms with van der Waals surface area (Å²) in [6, 6.07) is 7.76. The number of carbonyl (C=O) groups is 2. The lowest BCUT2D eigenvalue weighted by atomic mass is 10.1. The van der Waals surface area contributed by atoms with E-state index < -0.39 is 5.97 Å². The largest absolute Gasteiger partial charge is 0.481 e. The highest BCUT2D eigenvalue weighted by Gasteiger charge is 2.28. The van der Waals surface area contributed by atoms with E-state index in [9.17, 15) is 9.59 Å². The second-order valence-electron chi connectivity index (χ2n) is 5.40. The number of benzene rings is 1. The van der Waals surface area contributed by atoms with Gasteiger partial charge in [-0.2, -0.15) is 0 Å². The maximum Gasteiger partial charge on any atom is 0.305 e. The number of hydrogen-bond acceptors (Lipinski definition) is 3. The summed E-state index contributed by atoms with van der Waals surface area (Å²) in [4.78, 5) is 24.8. The molecule has 21 heavy (non-hydrogen) atoms. The summed E-state index contributed by atoms with van der Waals surface area (Å²) in [5.41, 5.74) is 2.32. The lowest BCUT2D eigenvalue weighted by Gasteiger charge is -2.35. The smallest absolute Gasteiger partial charge is 0.305 e. The molecule has 1 heterocycles. The van der Waals surface area contributed by atoms with Gasteiger partial charge in [-0.25, -0.2) is 0 Å². The van der Waals surface area contributed by atoms with E-state index in [1.165, 1.54) is 5.56 Å². The Labute approximate surface area is 124 Å². The summed E-state index contributed by atoms with van der Waals surface area (Å²) in [6.07, 6.45) is 1.02. The highest BCUT2D eigenvalue weighted by molar-refractivity contribution is 5.78. The number of carboxylic acid groups (broad SMARTS) is 1. The zero-order valence-electron chi connectivity index (χ0n) is 12.2. The third-order valence-electron chi connectivity index (χ3n) is 3.71. The number of carboxylic acids is 1. The summed E-state index contributed by atoms with van der Waals surface area (Å²) < 4.78 is 5.28. The first kappa shape index (κ1) is 15.5. The number of rotatable bonds is 5. The van der Waals surface area contributed by atoms with E-state index in [0.29, 0.717) is 32.6 Å². The van der Waals surface area contributed by atoms with Gasteiger partial charge < -0.3 is 14.7 Å². The molecular weight excluding hydrogens is 270 g/mol. The Balaban J connectivity index is 1.91. The number of aliphatic carboxylic acids is 1. The molecule has 1 aromatic rings. The van der Waals surface area contributed by atoms with Crippen molar-refractivity contribution >= 4 is 11.9 Å². The number of nitrogens with zero attached hydrogens (tertiary/aromatic N) is 1. The first-order chi connectivity index (χ1) is 10.1. The molecule has 1 N–H and O–H groups in total. The fraction of sp³-hybridized carbons (Fsp3) is 0.500.